The molecule has 1 aromatic heterocycles. The lowest BCUT2D eigenvalue weighted by molar-refractivity contribution is 0.116. The fourth-order valence-corrected chi connectivity index (χ4v) is 2.57. The van der Waals surface area contributed by atoms with Gasteiger partial charge in [-0.25, -0.2) is 0 Å². The van der Waals surface area contributed by atoms with Crippen LogP contribution in [0.4, 0.5) is 0 Å². The Hall–Kier alpha value is -1.00. The Morgan fingerprint density at radius 2 is 1.38 bits per heavy atom. The van der Waals surface area contributed by atoms with Crippen molar-refractivity contribution in [3.8, 4) is 0 Å². The quantitative estimate of drug-likeness (QED) is 0.857. The zero-order valence-electron chi connectivity index (χ0n) is 12.0. The number of rotatable bonds is 4. The van der Waals surface area contributed by atoms with Crippen LogP contribution in [0.3, 0.4) is 0 Å². The minimum absolute atomic E-state index is 0. The predicted octanol–water partition coefficient (Wildman–Crippen LogP) is 3.44. The normalized spacial score (nSPS) is 16.0. The summed E-state index contributed by atoms with van der Waals surface area (Å²) in [4.78, 5) is 4.98. The van der Waals surface area contributed by atoms with Crippen molar-refractivity contribution in [3.63, 3.8) is 0 Å². The zero-order chi connectivity index (χ0) is 12.9. The van der Waals surface area contributed by atoms with Crippen LogP contribution in [0, 0.1) is 0 Å². The lowest BCUT2D eigenvalue weighted by Crippen LogP contribution is -2.45. The first-order valence-electron chi connectivity index (χ1n) is 6.91. The Kier molecular flexibility index (Phi) is 7.83. The molecule has 0 unspecified atom stereocenters. The second-order valence-corrected chi connectivity index (χ2v) is 5.12. The van der Waals surface area contributed by atoms with Crippen molar-refractivity contribution < 1.29 is 4.42 Å². The first kappa shape index (κ1) is 18.1. The van der Waals surface area contributed by atoms with Gasteiger partial charge in [0.05, 0.1) is 12.8 Å². The minimum Gasteiger partial charge on any atom is -0.468 e. The molecule has 2 aromatic rings. The van der Waals surface area contributed by atoms with Crippen LogP contribution in [0.15, 0.2) is 53.1 Å². The van der Waals surface area contributed by atoms with Gasteiger partial charge in [0.25, 0.3) is 0 Å². The molecule has 2 heterocycles. The van der Waals surface area contributed by atoms with E-state index < -0.39 is 0 Å². The standard InChI is InChI=1S/C16H20N2O.2ClH/c1-2-5-15(6-3-1)13-17-8-10-18(11-9-17)14-16-7-4-12-19-16;;/h1-7,12H,8-11,13-14H2;2*1H. The van der Waals surface area contributed by atoms with Crippen LogP contribution >= 0.6 is 24.8 Å². The molecule has 1 saturated heterocycles. The highest BCUT2D eigenvalue weighted by Gasteiger charge is 2.17. The Morgan fingerprint density at radius 1 is 0.762 bits per heavy atom. The number of hydrogen-bond acceptors (Lipinski definition) is 3. The first-order chi connectivity index (χ1) is 9.40. The average Bonchev–Trinajstić information content (AvgIpc) is 2.95. The topological polar surface area (TPSA) is 19.6 Å². The van der Waals surface area contributed by atoms with Crippen LogP contribution in [-0.4, -0.2) is 36.0 Å². The molecule has 0 aliphatic carbocycles. The van der Waals surface area contributed by atoms with E-state index >= 15 is 0 Å². The fourth-order valence-electron chi connectivity index (χ4n) is 2.57. The molecule has 116 valence electrons. The van der Waals surface area contributed by atoms with Gasteiger partial charge in [-0.3, -0.25) is 9.80 Å². The highest BCUT2D eigenvalue weighted by atomic mass is 35.5. The molecule has 0 radical (unpaired) electrons. The molecule has 3 nitrogen and oxygen atoms in total. The van der Waals surface area contributed by atoms with E-state index in [1.165, 1.54) is 5.56 Å². The second-order valence-electron chi connectivity index (χ2n) is 5.12. The van der Waals surface area contributed by atoms with Gasteiger partial charge in [-0.15, -0.1) is 24.8 Å². The SMILES string of the molecule is Cl.Cl.c1ccc(CN2CCN(Cc3ccco3)CC2)cc1. The van der Waals surface area contributed by atoms with Crippen LogP contribution in [0.25, 0.3) is 0 Å². The monoisotopic (exact) mass is 328 g/mol. The number of furan rings is 1. The summed E-state index contributed by atoms with van der Waals surface area (Å²) in [5, 5.41) is 0. The molecule has 5 heteroatoms. The van der Waals surface area contributed by atoms with Gasteiger partial charge in [-0.05, 0) is 17.7 Å². The van der Waals surface area contributed by atoms with Crippen LogP contribution in [-0.2, 0) is 13.1 Å². The van der Waals surface area contributed by atoms with Crippen molar-refractivity contribution in [1.29, 1.82) is 0 Å². The van der Waals surface area contributed by atoms with Crippen molar-refractivity contribution >= 4 is 24.8 Å². The molecule has 1 aliphatic heterocycles. The number of benzene rings is 1. The van der Waals surface area contributed by atoms with E-state index in [-0.39, 0.29) is 24.8 Å². The van der Waals surface area contributed by atoms with Crippen LogP contribution < -0.4 is 0 Å². The maximum Gasteiger partial charge on any atom is 0.117 e. The van der Waals surface area contributed by atoms with E-state index in [1.807, 2.05) is 6.07 Å². The summed E-state index contributed by atoms with van der Waals surface area (Å²) in [6.07, 6.45) is 1.75. The summed E-state index contributed by atoms with van der Waals surface area (Å²) in [5.41, 5.74) is 1.40. The van der Waals surface area contributed by atoms with Gasteiger partial charge in [0.1, 0.15) is 5.76 Å². The molecule has 0 spiro atoms. The largest absolute Gasteiger partial charge is 0.468 e. The zero-order valence-corrected chi connectivity index (χ0v) is 13.6. The van der Waals surface area contributed by atoms with E-state index in [0.29, 0.717) is 0 Å². The third kappa shape index (κ3) is 5.36. The first-order valence-corrected chi connectivity index (χ1v) is 6.91. The molecule has 3 rings (SSSR count). The number of piperazine rings is 1. The van der Waals surface area contributed by atoms with Crippen molar-refractivity contribution in [2.75, 3.05) is 26.2 Å². The van der Waals surface area contributed by atoms with E-state index in [9.17, 15) is 0 Å². The highest BCUT2D eigenvalue weighted by molar-refractivity contribution is 5.85. The maximum absolute atomic E-state index is 5.40. The molecule has 1 aliphatic rings. The van der Waals surface area contributed by atoms with Gasteiger partial charge in [0, 0.05) is 32.7 Å². The van der Waals surface area contributed by atoms with Gasteiger partial charge < -0.3 is 4.42 Å². The highest BCUT2D eigenvalue weighted by Crippen LogP contribution is 2.11. The molecule has 0 atom stereocenters. The Bertz CT molecular complexity index is 482. The Labute approximate surface area is 138 Å². The average molecular weight is 329 g/mol. The summed E-state index contributed by atoms with van der Waals surface area (Å²) in [7, 11) is 0. The number of hydrogen-bond donors (Lipinski definition) is 0. The van der Waals surface area contributed by atoms with Gasteiger partial charge >= 0.3 is 0 Å². The molecular weight excluding hydrogens is 307 g/mol. The Balaban J connectivity index is 0.00000110. The molecule has 0 N–H and O–H groups in total. The van der Waals surface area contributed by atoms with Gasteiger partial charge in [-0.2, -0.15) is 0 Å². The lowest BCUT2D eigenvalue weighted by atomic mass is 10.2. The van der Waals surface area contributed by atoms with Crippen molar-refractivity contribution in [2.45, 2.75) is 13.1 Å². The van der Waals surface area contributed by atoms with Gasteiger partial charge in [0.15, 0.2) is 0 Å². The predicted molar refractivity (Wildman–Crippen MR) is 90.2 cm³/mol. The van der Waals surface area contributed by atoms with E-state index in [1.54, 1.807) is 6.26 Å². The number of nitrogens with zero attached hydrogens (tertiary/aromatic N) is 2. The van der Waals surface area contributed by atoms with Crippen molar-refractivity contribution in [2.24, 2.45) is 0 Å². The summed E-state index contributed by atoms with van der Waals surface area (Å²) in [6, 6.07) is 14.7. The van der Waals surface area contributed by atoms with Crippen molar-refractivity contribution in [1.82, 2.24) is 9.80 Å². The van der Waals surface area contributed by atoms with Crippen LogP contribution in [0.1, 0.15) is 11.3 Å². The third-order valence-corrected chi connectivity index (χ3v) is 3.67. The van der Waals surface area contributed by atoms with Gasteiger partial charge in [0.2, 0.25) is 0 Å². The smallest absolute Gasteiger partial charge is 0.117 e. The maximum atomic E-state index is 5.40. The molecule has 21 heavy (non-hydrogen) atoms. The lowest BCUT2D eigenvalue weighted by Gasteiger charge is -2.34. The molecule has 1 fully saturated rings. The molecule has 0 saturated carbocycles. The van der Waals surface area contributed by atoms with Crippen LogP contribution in [0.5, 0.6) is 0 Å². The van der Waals surface area contributed by atoms with E-state index in [0.717, 1.165) is 45.0 Å². The number of halogens is 2. The van der Waals surface area contributed by atoms with Gasteiger partial charge in [-0.1, -0.05) is 30.3 Å². The molecule has 1 aromatic carbocycles. The summed E-state index contributed by atoms with van der Waals surface area (Å²) in [6.45, 7) is 6.51. The van der Waals surface area contributed by atoms with Crippen molar-refractivity contribution in [3.05, 3.63) is 60.1 Å². The van der Waals surface area contributed by atoms with Crippen LogP contribution in [0.2, 0.25) is 0 Å². The minimum atomic E-state index is 0. The summed E-state index contributed by atoms with van der Waals surface area (Å²) < 4.78 is 5.40. The summed E-state index contributed by atoms with van der Waals surface area (Å²) in [5.74, 6) is 1.07. The third-order valence-electron chi connectivity index (χ3n) is 3.67. The van der Waals surface area contributed by atoms with E-state index in [2.05, 4.69) is 46.2 Å². The summed E-state index contributed by atoms with van der Waals surface area (Å²) >= 11 is 0. The molecular formula is C16H22Cl2N2O. The Morgan fingerprint density at radius 3 is 1.95 bits per heavy atom. The molecule has 0 bridgehead atoms. The van der Waals surface area contributed by atoms with E-state index in [4.69, 9.17) is 4.42 Å². The molecule has 0 amide bonds. The second kappa shape index (κ2) is 9.11. The fraction of sp³-hybridized carbons (Fsp3) is 0.375.